The first-order valence-corrected chi connectivity index (χ1v) is 7.93. The highest BCUT2D eigenvalue weighted by atomic mass is 127. The number of hydrogen-bond acceptors (Lipinski definition) is 3. The van der Waals surface area contributed by atoms with Gasteiger partial charge in [0.1, 0.15) is 0 Å². The number of morpholine rings is 1. The molecule has 1 fully saturated rings. The van der Waals surface area contributed by atoms with Crippen LogP contribution in [0.15, 0.2) is 24.3 Å². The van der Waals surface area contributed by atoms with E-state index in [0.29, 0.717) is 6.54 Å². The first-order chi connectivity index (χ1) is 9.75. The Morgan fingerprint density at radius 3 is 2.80 bits per heavy atom. The molecule has 0 radical (unpaired) electrons. The molecule has 110 valence electrons. The molecule has 0 spiro atoms. The summed E-state index contributed by atoms with van der Waals surface area (Å²) in [7, 11) is 0. The van der Waals surface area contributed by atoms with Crippen molar-refractivity contribution in [3.8, 4) is 0 Å². The second kappa shape index (κ2) is 8.43. The lowest BCUT2D eigenvalue weighted by Crippen LogP contribution is -2.38. The zero-order chi connectivity index (χ0) is 14.2. The van der Waals surface area contributed by atoms with Gasteiger partial charge in [-0.3, -0.25) is 4.90 Å². The van der Waals surface area contributed by atoms with Gasteiger partial charge in [-0.25, -0.2) is 4.79 Å². The van der Waals surface area contributed by atoms with Crippen LogP contribution in [0.5, 0.6) is 0 Å². The quantitative estimate of drug-likeness (QED) is 0.600. The van der Waals surface area contributed by atoms with E-state index in [1.165, 1.54) is 0 Å². The van der Waals surface area contributed by atoms with Crippen LogP contribution in [-0.2, 0) is 4.74 Å². The molecule has 1 saturated heterocycles. The van der Waals surface area contributed by atoms with Crippen LogP contribution in [0.1, 0.15) is 6.42 Å². The molecule has 20 heavy (non-hydrogen) atoms. The van der Waals surface area contributed by atoms with Gasteiger partial charge in [-0.15, -0.1) is 0 Å². The summed E-state index contributed by atoms with van der Waals surface area (Å²) < 4.78 is 6.34. The molecule has 2 rings (SSSR count). The molecule has 1 heterocycles. The van der Waals surface area contributed by atoms with Gasteiger partial charge in [0.2, 0.25) is 0 Å². The number of rotatable bonds is 5. The second-order valence-corrected chi connectivity index (χ2v) is 5.83. The molecular formula is C14H20IN3O2. The molecule has 2 N–H and O–H groups in total. The SMILES string of the molecule is O=C(NCCCN1CCOCC1)Nc1ccccc1I. The fraction of sp³-hybridized carbons (Fsp3) is 0.500. The van der Waals surface area contributed by atoms with E-state index in [0.717, 1.165) is 48.5 Å². The predicted molar refractivity (Wildman–Crippen MR) is 88.1 cm³/mol. The Kier molecular flexibility index (Phi) is 6.55. The van der Waals surface area contributed by atoms with E-state index in [9.17, 15) is 4.79 Å². The van der Waals surface area contributed by atoms with E-state index >= 15 is 0 Å². The number of carbonyl (C=O) groups excluding carboxylic acids is 1. The largest absolute Gasteiger partial charge is 0.379 e. The topological polar surface area (TPSA) is 53.6 Å². The summed E-state index contributed by atoms with van der Waals surface area (Å²) in [5.74, 6) is 0. The lowest BCUT2D eigenvalue weighted by atomic mass is 10.3. The maximum Gasteiger partial charge on any atom is 0.319 e. The maximum absolute atomic E-state index is 11.8. The van der Waals surface area contributed by atoms with Gasteiger partial charge in [-0.05, 0) is 47.7 Å². The number of benzene rings is 1. The van der Waals surface area contributed by atoms with Crippen LogP contribution < -0.4 is 10.6 Å². The summed E-state index contributed by atoms with van der Waals surface area (Å²) in [6.45, 7) is 5.32. The Morgan fingerprint density at radius 1 is 1.30 bits per heavy atom. The molecule has 0 bridgehead atoms. The van der Waals surface area contributed by atoms with E-state index in [1.54, 1.807) is 0 Å². The second-order valence-electron chi connectivity index (χ2n) is 4.67. The Balaban J connectivity index is 1.61. The third kappa shape index (κ3) is 5.26. The molecule has 1 aliphatic rings. The van der Waals surface area contributed by atoms with Crippen molar-refractivity contribution >= 4 is 34.3 Å². The standard InChI is InChI=1S/C14H20IN3O2/c15-12-4-1-2-5-13(12)17-14(19)16-6-3-7-18-8-10-20-11-9-18/h1-2,4-5H,3,6-11H2,(H2,16,17,19). The highest BCUT2D eigenvalue weighted by Crippen LogP contribution is 2.16. The first kappa shape index (κ1) is 15.5. The normalized spacial score (nSPS) is 15.8. The van der Waals surface area contributed by atoms with Crippen molar-refractivity contribution in [3.63, 3.8) is 0 Å². The zero-order valence-corrected chi connectivity index (χ0v) is 13.6. The van der Waals surface area contributed by atoms with Crippen LogP contribution in [0.4, 0.5) is 10.5 Å². The molecule has 0 atom stereocenters. The molecule has 0 saturated carbocycles. The van der Waals surface area contributed by atoms with Crippen LogP contribution in [0, 0.1) is 3.57 Å². The number of urea groups is 1. The van der Waals surface area contributed by atoms with Gasteiger partial charge in [-0.1, -0.05) is 12.1 Å². The van der Waals surface area contributed by atoms with Crippen LogP contribution >= 0.6 is 22.6 Å². The third-order valence-corrected chi connectivity index (χ3v) is 4.10. The molecule has 1 aliphatic heterocycles. The zero-order valence-electron chi connectivity index (χ0n) is 11.4. The van der Waals surface area contributed by atoms with Crippen molar-refractivity contribution in [2.45, 2.75) is 6.42 Å². The average molecular weight is 389 g/mol. The lowest BCUT2D eigenvalue weighted by Gasteiger charge is -2.26. The number of halogens is 1. The fourth-order valence-electron chi connectivity index (χ4n) is 2.06. The molecule has 1 aromatic carbocycles. The Labute approximate surface area is 133 Å². The Hall–Kier alpha value is -0.860. The summed E-state index contributed by atoms with van der Waals surface area (Å²) in [5, 5.41) is 5.74. The number of anilines is 1. The van der Waals surface area contributed by atoms with Gasteiger partial charge in [-0.2, -0.15) is 0 Å². The van der Waals surface area contributed by atoms with E-state index in [2.05, 4.69) is 38.1 Å². The smallest absolute Gasteiger partial charge is 0.319 e. The van der Waals surface area contributed by atoms with Crippen molar-refractivity contribution in [2.75, 3.05) is 44.7 Å². The number of nitrogens with one attached hydrogen (secondary N) is 2. The van der Waals surface area contributed by atoms with Crippen molar-refractivity contribution in [3.05, 3.63) is 27.8 Å². The molecule has 0 aliphatic carbocycles. The summed E-state index contributed by atoms with van der Waals surface area (Å²) in [6.07, 6.45) is 0.958. The van der Waals surface area contributed by atoms with Gasteiger partial charge in [0.15, 0.2) is 0 Å². The number of amides is 2. The van der Waals surface area contributed by atoms with E-state index < -0.39 is 0 Å². The summed E-state index contributed by atoms with van der Waals surface area (Å²) in [5.41, 5.74) is 0.846. The minimum Gasteiger partial charge on any atom is -0.379 e. The molecule has 5 nitrogen and oxygen atoms in total. The molecule has 6 heteroatoms. The van der Waals surface area contributed by atoms with Gasteiger partial charge >= 0.3 is 6.03 Å². The van der Waals surface area contributed by atoms with E-state index in [-0.39, 0.29) is 6.03 Å². The van der Waals surface area contributed by atoms with Gasteiger partial charge in [0, 0.05) is 23.2 Å². The van der Waals surface area contributed by atoms with Gasteiger partial charge in [0.05, 0.1) is 18.9 Å². The predicted octanol–water partition coefficient (Wildman–Crippen LogP) is 2.13. The monoisotopic (exact) mass is 389 g/mol. The van der Waals surface area contributed by atoms with E-state index in [1.807, 2.05) is 24.3 Å². The van der Waals surface area contributed by atoms with Gasteiger partial charge in [0.25, 0.3) is 0 Å². The molecule has 0 unspecified atom stereocenters. The van der Waals surface area contributed by atoms with E-state index in [4.69, 9.17) is 4.74 Å². The minimum absolute atomic E-state index is 0.143. The Morgan fingerprint density at radius 2 is 2.05 bits per heavy atom. The summed E-state index contributed by atoms with van der Waals surface area (Å²) in [6, 6.07) is 7.59. The van der Waals surface area contributed by atoms with Crippen molar-refractivity contribution < 1.29 is 9.53 Å². The highest BCUT2D eigenvalue weighted by molar-refractivity contribution is 14.1. The summed E-state index contributed by atoms with van der Waals surface area (Å²) in [4.78, 5) is 14.1. The highest BCUT2D eigenvalue weighted by Gasteiger charge is 2.09. The average Bonchev–Trinajstić information content (AvgIpc) is 2.47. The molecule has 1 aromatic rings. The molecule has 2 amide bonds. The van der Waals surface area contributed by atoms with Crippen molar-refractivity contribution in [2.24, 2.45) is 0 Å². The van der Waals surface area contributed by atoms with Crippen molar-refractivity contribution in [1.82, 2.24) is 10.2 Å². The van der Waals surface area contributed by atoms with Crippen LogP contribution in [0.3, 0.4) is 0 Å². The summed E-state index contributed by atoms with van der Waals surface area (Å²) >= 11 is 2.21. The minimum atomic E-state index is -0.143. The number of para-hydroxylation sites is 1. The number of carbonyl (C=O) groups is 1. The van der Waals surface area contributed by atoms with Crippen LogP contribution in [0.2, 0.25) is 0 Å². The lowest BCUT2D eigenvalue weighted by molar-refractivity contribution is 0.0375. The van der Waals surface area contributed by atoms with Crippen molar-refractivity contribution in [1.29, 1.82) is 0 Å². The van der Waals surface area contributed by atoms with Gasteiger partial charge < -0.3 is 15.4 Å². The fourth-order valence-corrected chi connectivity index (χ4v) is 2.58. The number of ether oxygens (including phenoxy) is 1. The molecule has 0 aromatic heterocycles. The number of nitrogens with zero attached hydrogens (tertiary/aromatic N) is 1. The molecular weight excluding hydrogens is 369 g/mol. The Bertz CT molecular complexity index is 436. The van der Waals surface area contributed by atoms with Crippen LogP contribution in [-0.4, -0.2) is 50.3 Å². The van der Waals surface area contributed by atoms with Crippen LogP contribution in [0.25, 0.3) is 0 Å². The number of hydrogen-bond donors (Lipinski definition) is 2. The maximum atomic E-state index is 11.8. The first-order valence-electron chi connectivity index (χ1n) is 6.85. The third-order valence-electron chi connectivity index (χ3n) is 3.16.